The van der Waals surface area contributed by atoms with Crippen molar-refractivity contribution in [1.29, 1.82) is 0 Å². The summed E-state index contributed by atoms with van der Waals surface area (Å²) in [6.45, 7) is 1.99. The van der Waals surface area contributed by atoms with Crippen LogP contribution in [-0.2, 0) is 0 Å². The van der Waals surface area contributed by atoms with Gasteiger partial charge in [-0.3, -0.25) is 0 Å². The maximum Gasteiger partial charge on any atom is 0.315 e. The first-order valence-electron chi connectivity index (χ1n) is 8.24. The Balaban J connectivity index is 1.37. The highest BCUT2D eigenvalue weighted by atomic mass is 16.5. The van der Waals surface area contributed by atoms with Crippen molar-refractivity contribution in [3.63, 3.8) is 0 Å². The molecule has 126 valence electrons. The van der Waals surface area contributed by atoms with E-state index in [1.807, 2.05) is 42.5 Å². The molecule has 2 aromatic rings. The summed E-state index contributed by atoms with van der Waals surface area (Å²) in [5.41, 5.74) is 1.04. The average Bonchev–Trinajstić information content (AvgIpc) is 2.63. The molecule has 2 heterocycles. The quantitative estimate of drug-likeness (QED) is 0.714. The predicted molar refractivity (Wildman–Crippen MR) is 93.2 cm³/mol. The van der Waals surface area contributed by atoms with Crippen LogP contribution < -0.4 is 20.7 Å². The minimum Gasteiger partial charge on any atom is -0.493 e. The molecule has 1 aliphatic rings. The van der Waals surface area contributed by atoms with Crippen LogP contribution >= 0.6 is 0 Å². The Hall–Kier alpha value is -2.76. The summed E-state index contributed by atoms with van der Waals surface area (Å²) in [5, 5.41) is 9.13. The van der Waals surface area contributed by atoms with Gasteiger partial charge in [-0.1, -0.05) is 24.3 Å². The Morgan fingerprint density at radius 2 is 2.04 bits per heavy atom. The molecular weight excluding hydrogens is 304 g/mol. The lowest BCUT2D eigenvalue weighted by Gasteiger charge is -2.26. The molecule has 1 atom stereocenters. The summed E-state index contributed by atoms with van der Waals surface area (Å²) < 4.78 is 5.60. The van der Waals surface area contributed by atoms with E-state index in [9.17, 15) is 4.79 Å². The van der Waals surface area contributed by atoms with E-state index < -0.39 is 0 Å². The lowest BCUT2D eigenvalue weighted by molar-refractivity contribution is 0.223. The lowest BCUT2D eigenvalue weighted by Crippen LogP contribution is -2.40. The number of para-hydroxylation sites is 1. The summed E-state index contributed by atoms with van der Waals surface area (Å²) >= 11 is 0. The number of hydrogen-bond acceptors (Lipinski definition) is 4. The third-order valence-electron chi connectivity index (χ3n) is 3.87. The Morgan fingerprint density at radius 1 is 1.17 bits per heavy atom. The number of urea groups is 1. The van der Waals surface area contributed by atoms with Gasteiger partial charge in [0.15, 0.2) is 0 Å². The first kappa shape index (κ1) is 16.1. The molecule has 24 heavy (non-hydrogen) atoms. The summed E-state index contributed by atoms with van der Waals surface area (Å²) in [4.78, 5) is 16.2. The zero-order chi connectivity index (χ0) is 16.6. The number of aromatic nitrogens is 1. The van der Waals surface area contributed by atoms with Crippen LogP contribution in [0.25, 0.3) is 0 Å². The van der Waals surface area contributed by atoms with E-state index in [0.717, 1.165) is 36.5 Å². The van der Waals surface area contributed by atoms with E-state index in [-0.39, 0.29) is 12.1 Å². The van der Waals surface area contributed by atoms with Crippen molar-refractivity contribution in [1.82, 2.24) is 15.6 Å². The molecule has 0 bridgehead atoms. The van der Waals surface area contributed by atoms with Crippen molar-refractivity contribution in [2.45, 2.75) is 18.9 Å². The van der Waals surface area contributed by atoms with Gasteiger partial charge in [-0.15, -0.1) is 0 Å². The number of carbonyl (C=O) groups excluding carboxylic acids is 1. The number of rotatable bonds is 6. The van der Waals surface area contributed by atoms with Crippen LogP contribution in [0.1, 0.15) is 24.4 Å². The van der Waals surface area contributed by atoms with Crippen molar-refractivity contribution in [3.05, 3.63) is 54.2 Å². The largest absolute Gasteiger partial charge is 0.493 e. The normalized spacial score (nSPS) is 15.8. The molecule has 0 spiro atoms. The third-order valence-corrected chi connectivity index (χ3v) is 3.87. The van der Waals surface area contributed by atoms with E-state index in [4.69, 9.17) is 4.74 Å². The number of benzene rings is 1. The van der Waals surface area contributed by atoms with Crippen molar-refractivity contribution in [2.75, 3.05) is 25.0 Å². The van der Waals surface area contributed by atoms with Gasteiger partial charge in [-0.25, -0.2) is 9.78 Å². The van der Waals surface area contributed by atoms with Gasteiger partial charge in [-0.05, 0) is 24.6 Å². The van der Waals surface area contributed by atoms with Crippen LogP contribution in [0.5, 0.6) is 5.75 Å². The Morgan fingerprint density at radius 3 is 2.92 bits per heavy atom. The van der Waals surface area contributed by atoms with Crippen LogP contribution in [0, 0.1) is 0 Å². The van der Waals surface area contributed by atoms with Crippen LogP contribution in [0.4, 0.5) is 10.6 Å². The zero-order valence-electron chi connectivity index (χ0n) is 13.5. The summed E-state index contributed by atoms with van der Waals surface area (Å²) in [7, 11) is 0. The van der Waals surface area contributed by atoms with E-state index in [1.165, 1.54) is 0 Å². The molecule has 6 nitrogen and oxygen atoms in total. The van der Waals surface area contributed by atoms with Gasteiger partial charge in [0.1, 0.15) is 11.6 Å². The zero-order valence-corrected chi connectivity index (χ0v) is 13.5. The van der Waals surface area contributed by atoms with Gasteiger partial charge in [0, 0.05) is 31.3 Å². The van der Waals surface area contributed by atoms with E-state index >= 15 is 0 Å². The molecular formula is C18H22N4O2. The van der Waals surface area contributed by atoms with Gasteiger partial charge in [-0.2, -0.15) is 0 Å². The van der Waals surface area contributed by atoms with E-state index in [0.29, 0.717) is 13.2 Å². The molecule has 0 radical (unpaired) electrons. The molecule has 0 saturated carbocycles. The summed E-state index contributed by atoms with van der Waals surface area (Å²) in [6.07, 6.45) is 3.36. The third kappa shape index (κ3) is 4.38. The minimum absolute atomic E-state index is 0.00148. The van der Waals surface area contributed by atoms with Crippen molar-refractivity contribution < 1.29 is 9.53 Å². The molecule has 1 aromatic heterocycles. The first-order valence-corrected chi connectivity index (χ1v) is 8.24. The molecule has 0 aliphatic carbocycles. The Kier molecular flexibility index (Phi) is 5.50. The highest BCUT2D eigenvalue weighted by molar-refractivity contribution is 5.74. The number of hydrogen-bond donors (Lipinski definition) is 3. The fourth-order valence-corrected chi connectivity index (χ4v) is 2.68. The molecule has 3 N–H and O–H groups in total. The Bertz CT molecular complexity index is 663. The predicted octanol–water partition coefficient (Wildman–Crippen LogP) is 2.71. The second kappa shape index (κ2) is 8.19. The second-order valence-corrected chi connectivity index (χ2v) is 5.62. The fraction of sp³-hybridized carbons (Fsp3) is 0.333. The number of nitrogens with one attached hydrogen (secondary N) is 3. The van der Waals surface area contributed by atoms with Gasteiger partial charge >= 0.3 is 6.03 Å². The number of pyridine rings is 1. The number of carbonyl (C=O) groups is 1. The maximum atomic E-state index is 12.1. The maximum absolute atomic E-state index is 12.1. The van der Waals surface area contributed by atoms with E-state index in [2.05, 4.69) is 20.9 Å². The Labute approximate surface area is 141 Å². The van der Waals surface area contributed by atoms with Gasteiger partial charge < -0.3 is 20.7 Å². The lowest BCUT2D eigenvalue weighted by atomic mass is 10.0. The molecule has 1 aromatic carbocycles. The SMILES string of the molecule is O=C(NCCCNc1ccccn1)NC1CCOc2ccccc21. The van der Waals surface area contributed by atoms with Crippen LogP contribution in [0.2, 0.25) is 0 Å². The molecule has 1 aliphatic heterocycles. The standard InChI is InChI=1S/C18H22N4O2/c23-18(21-12-5-11-20-17-8-3-4-10-19-17)22-15-9-13-24-16-7-2-1-6-14(15)16/h1-4,6-8,10,15H,5,9,11-13H2,(H,19,20)(H2,21,22,23). The minimum atomic E-state index is -0.144. The number of nitrogens with zero attached hydrogens (tertiary/aromatic N) is 1. The van der Waals surface area contributed by atoms with Crippen LogP contribution in [0.15, 0.2) is 48.7 Å². The van der Waals surface area contributed by atoms with Crippen LogP contribution in [-0.4, -0.2) is 30.7 Å². The summed E-state index contributed by atoms with van der Waals surface area (Å²) in [6, 6.07) is 13.4. The first-order chi connectivity index (χ1) is 11.8. The van der Waals surface area contributed by atoms with Gasteiger partial charge in [0.2, 0.25) is 0 Å². The molecule has 2 amide bonds. The summed E-state index contributed by atoms with van der Waals surface area (Å²) in [5.74, 6) is 1.70. The smallest absolute Gasteiger partial charge is 0.315 e. The molecule has 1 unspecified atom stereocenters. The average molecular weight is 326 g/mol. The molecule has 0 fully saturated rings. The molecule has 3 rings (SSSR count). The number of amides is 2. The fourth-order valence-electron chi connectivity index (χ4n) is 2.68. The monoisotopic (exact) mass is 326 g/mol. The van der Waals surface area contributed by atoms with Gasteiger partial charge in [0.05, 0.1) is 12.6 Å². The van der Waals surface area contributed by atoms with Gasteiger partial charge in [0.25, 0.3) is 0 Å². The highest BCUT2D eigenvalue weighted by Crippen LogP contribution is 2.31. The molecule has 0 saturated heterocycles. The van der Waals surface area contributed by atoms with Crippen molar-refractivity contribution in [2.24, 2.45) is 0 Å². The van der Waals surface area contributed by atoms with Crippen LogP contribution in [0.3, 0.4) is 0 Å². The van der Waals surface area contributed by atoms with E-state index in [1.54, 1.807) is 6.20 Å². The van der Waals surface area contributed by atoms with Crippen molar-refractivity contribution >= 4 is 11.8 Å². The molecule has 6 heteroatoms. The highest BCUT2D eigenvalue weighted by Gasteiger charge is 2.22. The van der Waals surface area contributed by atoms with Crippen molar-refractivity contribution in [3.8, 4) is 5.75 Å². The topological polar surface area (TPSA) is 75.3 Å². The number of anilines is 1. The second-order valence-electron chi connectivity index (χ2n) is 5.62. The number of ether oxygens (including phenoxy) is 1. The number of fused-ring (bicyclic) bond motifs is 1.